The average molecular weight is 404 g/mol. The summed E-state index contributed by atoms with van der Waals surface area (Å²) in [4.78, 5) is 24.8. The number of aryl methyl sites for hydroxylation is 1. The molecule has 3 aromatic heterocycles. The minimum Gasteiger partial charge on any atom is -0.380 e. The van der Waals surface area contributed by atoms with Crippen molar-refractivity contribution in [1.29, 1.82) is 0 Å². The first kappa shape index (κ1) is 18.6. The van der Waals surface area contributed by atoms with Crippen LogP contribution in [0.4, 0.5) is 5.82 Å². The van der Waals surface area contributed by atoms with Crippen molar-refractivity contribution in [3.8, 4) is 11.3 Å². The number of hydrogen-bond acceptors (Lipinski definition) is 5. The molecule has 3 heterocycles. The molecular weight excluding hydrogens is 380 g/mol. The van der Waals surface area contributed by atoms with E-state index in [1.165, 1.54) is 0 Å². The Morgan fingerprint density at radius 1 is 1.33 bits per heavy atom. The van der Waals surface area contributed by atoms with Crippen molar-refractivity contribution in [2.45, 2.75) is 31.4 Å². The number of carbonyl (C=O) groups is 1. The molecule has 1 unspecified atom stereocenters. The molecule has 8 nitrogen and oxygen atoms in total. The van der Waals surface area contributed by atoms with E-state index in [1.807, 2.05) is 49.9 Å². The topological polar surface area (TPSA) is 108 Å². The summed E-state index contributed by atoms with van der Waals surface area (Å²) in [6.45, 7) is 1.92. The summed E-state index contributed by atoms with van der Waals surface area (Å²) in [5, 5.41) is 17.0. The van der Waals surface area contributed by atoms with Crippen LogP contribution < -0.4 is 10.6 Å². The number of fused-ring (bicyclic) bond motifs is 3. The monoisotopic (exact) mass is 404 g/mol. The van der Waals surface area contributed by atoms with Gasteiger partial charge in [0.2, 0.25) is 0 Å². The summed E-state index contributed by atoms with van der Waals surface area (Å²) in [6.07, 6.45) is 2.85. The number of benzene rings is 1. The smallest absolute Gasteiger partial charge is 0.252 e. The van der Waals surface area contributed by atoms with E-state index >= 15 is 0 Å². The number of nitrogens with zero attached hydrogens (tertiary/aromatic N) is 3. The normalized spacial score (nSPS) is 16.0. The Bertz CT molecular complexity index is 1280. The highest BCUT2D eigenvalue weighted by Gasteiger charge is 2.48. The van der Waals surface area contributed by atoms with E-state index in [0.717, 1.165) is 44.7 Å². The predicted octanol–water partition coefficient (Wildman–Crippen LogP) is 2.86. The molecule has 154 valence electrons. The molecule has 1 aliphatic carbocycles. The molecule has 1 atom stereocenters. The van der Waals surface area contributed by atoms with Crippen LogP contribution in [0.5, 0.6) is 0 Å². The largest absolute Gasteiger partial charge is 0.380 e. The van der Waals surface area contributed by atoms with Crippen LogP contribution in [0.1, 0.15) is 31.4 Å². The Labute approximate surface area is 173 Å². The highest BCUT2D eigenvalue weighted by Crippen LogP contribution is 2.36. The average Bonchev–Trinajstić information content (AvgIpc) is 3.18. The van der Waals surface area contributed by atoms with Crippen molar-refractivity contribution in [1.82, 2.24) is 24.8 Å². The predicted molar refractivity (Wildman–Crippen MR) is 116 cm³/mol. The number of aromatic amines is 1. The molecule has 4 aromatic rings. The second-order valence-corrected chi connectivity index (χ2v) is 8.06. The number of H-pyrrole nitrogens is 1. The summed E-state index contributed by atoms with van der Waals surface area (Å²) in [5.41, 5.74) is 4.37. The zero-order valence-electron chi connectivity index (χ0n) is 17.2. The Morgan fingerprint density at radius 2 is 2.13 bits per heavy atom. The Hall–Kier alpha value is -3.39. The first-order chi connectivity index (χ1) is 14.4. The van der Waals surface area contributed by atoms with Gasteiger partial charge in [0.05, 0.1) is 17.9 Å². The molecule has 0 radical (unpaired) electrons. The zero-order valence-corrected chi connectivity index (χ0v) is 17.2. The van der Waals surface area contributed by atoms with Gasteiger partial charge in [-0.3, -0.25) is 4.79 Å². The molecule has 4 N–H and O–H groups in total. The van der Waals surface area contributed by atoms with Crippen molar-refractivity contribution < 1.29 is 9.90 Å². The maximum atomic E-state index is 12.2. The van der Waals surface area contributed by atoms with Gasteiger partial charge in [0, 0.05) is 25.2 Å². The van der Waals surface area contributed by atoms with Crippen LogP contribution in [0.3, 0.4) is 0 Å². The summed E-state index contributed by atoms with van der Waals surface area (Å²) < 4.78 is 1.99. The van der Waals surface area contributed by atoms with E-state index in [-0.39, 0.29) is 11.9 Å². The second-order valence-electron chi connectivity index (χ2n) is 8.06. The number of nitrogens with one attached hydrogen (secondary N) is 3. The van der Waals surface area contributed by atoms with Gasteiger partial charge in [0.15, 0.2) is 5.82 Å². The number of aromatic nitrogens is 4. The number of rotatable bonds is 5. The van der Waals surface area contributed by atoms with Crippen molar-refractivity contribution in [2.24, 2.45) is 7.05 Å². The first-order valence-corrected chi connectivity index (χ1v) is 10.0. The molecule has 0 bridgehead atoms. The van der Waals surface area contributed by atoms with E-state index in [4.69, 9.17) is 0 Å². The summed E-state index contributed by atoms with van der Waals surface area (Å²) in [5.74, 6) is 0.433. The highest BCUT2D eigenvalue weighted by atomic mass is 16.3. The fourth-order valence-electron chi connectivity index (χ4n) is 3.86. The van der Waals surface area contributed by atoms with Gasteiger partial charge in [-0.15, -0.1) is 0 Å². The SMILES string of the molecule is CNc1nc2[nH]c(-c3cccc(C(C)NC(=O)C4(O)CC4)c3)cc2c2c1ncn2C. The number of hydrogen-bond donors (Lipinski definition) is 4. The van der Waals surface area contributed by atoms with Crippen LogP contribution >= 0.6 is 0 Å². The fourth-order valence-corrected chi connectivity index (χ4v) is 3.86. The Kier molecular flexibility index (Phi) is 4.08. The number of amides is 1. The second kappa shape index (κ2) is 6.56. The van der Waals surface area contributed by atoms with Crippen LogP contribution in [0, 0.1) is 0 Å². The molecule has 30 heavy (non-hydrogen) atoms. The zero-order chi connectivity index (χ0) is 21.0. The van der Waals surface area contributed by atoms with Gasteiger partial charge in [-0.1, -0.05) is 18.2 Å². The quantitative estimate of drug-likeness (QED) is 0.409. The molecule has 1 aromatic carbocycles. The molecule has 5 rings (SSSR count). The van der Waals surface area contributed by atoms with Gasteiger partial charge in [-0.2, -0.15) is 0 Å². The molecular formula is C22H24N6O2. The highest BCUT2D eigenvalue weighted by molar-refractivity contribution is 6.07. The van der Waals surface area contributed by atoms with Crippen LogP contribution in [0.15, 0.2) is 36.7 Å². The van der Waals surface area contributed by atoms with Crippen molar-refractivity contribution in [3.63, 3.8) is 0 Å². The van der Waals surface area contributed by atoms with E-state index in [0.29, 0.717) is 12.8 Å². The molecule has 8 heteroatoms. The van der Waals surface area contributed by atoms with E-state index in [9.17, 15) is 9.90 Å². The maximum Gasteiger partial charge on any atom is 0.252 e. The third-order valence-corrected chi connectivity index (χ3v) is 5.87. The molecule has 1 amide bonds. The van der Waals surface area contributed by atoms with E-state index in [2.05, 4.69) is 31.7 Å². The number of pyridine rings is 1. The van der Waals surface area contributed by atoms with Crippen molar-refractivity contribution in [3.05, 3.63) is 42.2 Å². The molecule has 1 saturated carbocycles. The van der Waals surface area contributed by atoms with Crippen molar-refractivity contribution >= 4 is 33.8 Å². The van der Waals surface area contributed by atoms with Crippen LogP contribution in [0.25, 0.3) is 33.3 Å². The third-order valence-electron chi connectivity index (χ3n) is 5.87. The number of imidazole rings is 1. The summed E-state index contributed by atoms with van der Waals surface area (Å²) in [6, 6.07) is 9.90. The van der Waals surface area contributed by atoms with E-state index in [1.54, 1.807) is 6.33 Å². The molecule has 0 spiro atoms. The minimum absolute atomic E-state index is 0.204. The Balaban J connectivity index is 1.53. The standard InChI is InChI=1S/C22H24N6O2/c1-12(25-21(29)22(30)7-8-22)13-5-4-6-14(9-13)16-10-15-18-17(24-11-28(18)3)20(23-2)27-19(15)26-16/h4-6,9-12,30H,7-8H2,1-3H3,(H,25,29)(H2,23,26,27). The number of carbonyl (C=O) groups excluding carboxylic acids is 1. The summed E-state index contributed by atoms with van der Waals surface area (Å²) in [7, 11) is 3.81. The molecule has 1 aliphatic rings. The lowest BCUT2D eigenvalue weighted by atomic mass is 10.0. The van der Waals surface area contributed by atoms with Crippen LogP contribution in [0.2, 0.25) is 0 Å². The van der Waals surface area contributed by atoms with E-state index < -0.39 is 5.60 Å². The Morgan fingerprint density at radius 3 is 2.87 bits per heavy atom. The lowest BCUT2D eigenvalue weighted by molar-refractivity contribution is -0.132. The van der Waals surface area contributed by atoms with Gasteiger partial charge in [0.1, 0.15) is 16.8 Å². The lowest BCUT2D eigenvalue weighted by Gasteiger charge is -2.17. The number of aliphatic hydroxyl groups is 1. The number of anilines is 1. The van der Waals surface area contributed by atoms with Gasteiger partial charge >= 0.3 is 0 Å². The maximum absolute atomic E-state index is 12.2. The molecule has 0 saturated heterocycles. The van der Waals surface area contributed by atoms with Crippen LogP contribution in [-0.4, -0.2) is 43.2 Å². The molecule has 0 aliphatic heterocycles. The van der Waals surface area contributed by atoms with Gasteiger partial charge in [0.25, 0.3) is 5.91 Å². The third kappa shape index (κ3) is 2.91. The van der Waals surface area contributed by atoms with Gasteiger partial charge < -0.3 is 25.3 Å². The van der Waals surface area contributed by atoms with Crippen molar-refractivity contribution in [2.75, 3.05) is 12.4 Å². The fraction of sp³-hybridized carbons (Fsp3) is 0.318. The molecule has 1 fully saturated rings. The van der Waals surface area contributed by atoms with Gasteiger partial charge in [-0.25, -0.2) is 9.97 Å². The first-order valence-electron chi connectivity index (χ1n) is 10.0. The minimum atomic E-state index is -1.17. The van der Waals surface area contributed by atoms with Crippen LogP contribution in [-0.2, 0) is 11.8 Å². The summed E-state index contributed by atoms with van der Waals surface area (Å²) >= 11 is 0. The lowest BCUT2D eigenvalue weighted by Crippen LogP contribution is -2.37. The van der Waals surface area contributed by atoms with Gasteiger partial charge in [-0.05, 0) is 43.0 Å².